The molecule has 0 bridgehead atoms. The Morgan fingerprint density at radius 1 is 1.67 bits per heavy atom. The van der Waals surface area contributed by atoms with E-state index in [0.717, 1.165) is 25.9 Å². The first kappa shape index (κ1) is 12.5. The van der Waals surface area contributed by atoms with Crippen LogP contribution < -0.4 is 5.32 Å². The minimum atomic E-state index is -0.420. The van der Waals surface area contributed by atoms with Gasteiger partial charge in [-0.15, -0.1) is 0 Å². The molecule has 1 aliphatic heterocycles. The van der Waals surface area contributed by atoms with Crippen LogP contribution in [-0.4, -0.2) is 36.4 Å². The van der Waals surface area contributed by atoms with Crippen molar-refractivity contribution in [3.05, 3.63) is 0 Å². The highest BCUT2D eigenvalue weighted by molar-refractivity contribution is 5.75. The van der Waals surface area contributed by atoms with E-state index in [1.165, 1.54) is 0 Å². The van der Waals surface area contributed by atoms with E-state index in [9.17, 15) is 9.90 Å². The second-order valence-corrected chi connectivity index (χ2v) is 4.04. The van der Waals surface area contributed by atoms with Gasteiger partial charge in [0.15, 0.2) is 0 Å². The Hall–Kier alpha value is -0.610. The highest BCUT2D eigenvalue weighted by atomic mass is 16.5. The molecular formula is C11H21NO3. The number of hydrogen-bond donors (Lipinski definition) is 2. The molecule has 1 amide bonds. The molecule has 15 heavy (non-hydrogen) atoms. The molecule has 2 unspecified atom stereocenters. The van der Waals surface area contributed by atoms with Gasteiger partial charge in [-0.1, -0.05) is 6.92 Å². The van der Waals surface area contributed by atoms with E-state index >= 15 is 0 Å². The molecule has 0 aliphatic carbocycles. The third-order valence-electron chi connectivity index (χ3n) is 2.72. The highest BCUT2D eigenvalue weighted by Gasteiger charge is 2.16. The van der Waals surface area contributed by atoms with Gasteiger partial charge >= 0.3 is 0 Å². The zero-order valence-electron chi connectivity index (χ0n) is 9.37. The SMILES string of the molecule is CCC(O)CNC(=O)CCC1CCCO1. The van der Waals surface area contributed by atoms with Crippen LogP contribution in [0.3, 0.4) is 0 Å². The van der Waals surface area contributed by atoms with Gasteiger partial charge < -0.3 is 15.2 Å². The summed E-state index contributed by atoms with van der Waals surface area (Å²) in [6.07, 6.45) is 4.01. The van der Waals surface area contributed by atoms with Gasteiger partial charge in [-0.3, -0.25) is 4.79 Å². The number of nitrogens with one attached hydrogen (secondary N) is 1. The van der Waals surface area contributed by atoms with Crippen LogP contribution in [0.5, 0.6) is 0 Å². The minimum absolute atomic E-state index is 0.0120. The summed E-state index contributed by atoms with van der Waals surface area (Å²) in [6, 6.07) is 0. The fourth-order valence-electron chi connectivity index (χ4n) is 1.63. The maximum atomic E-state index is 11.3. The van der Waals surface area contributed by atoms with Crippen LogP contribution in [0.4, 0.5) is 0 Å². The molecule has 1 heterocycles. The summed E-state index contributed by atoms with van der Waals surface area (Å²) in [5, 5.41) is 12.0. The number of ether oxygens (including phenoxy) is 1. The number of amides is 1. The Labute approximate surface area is 91.0 Å². The van der Waals surface area contributed by atoms with E-state index in [2.05, 4.69) is 5.32 Å². The number of rotatable bonds is 6. The van der Waals surface area contributed by atoms with E-state index < -0.39 is 6.10 Å². The van der Waals surface area contributed by atoms with Crippen molar-refractivity contribution in [2.45, 2.75) is 51.2 Å². The fourth-order valence-corrected chi connectivity index (χ4v) is 1.63. The van der Waals surface area contributed by atoms with E-state index in [1.54, 1.807) is 0 Å². The van der Waals surface area contributed by atoms with Crippen LogP contribution >= 0.6 is 0 Å². The Morgan fingerprint density at radius 3 is 3.07 bits per heavy atom. The van der Waals surface area contributed by atoms with Crippen LogP contribution in [0.15, 0.2) is 0 Å². The average Bonchev–Trinajstić information content (AvgIpc) is 2.75. The maximum absolute atomic E-state index is 11.3. The monoisotopic (exact) mass is 215 g/mol. The van der Waals surface area contributed by atoms with Crippen molar-refractivity contribution >= 4 is 5.91 Å². The van der Waals surface area contributed by atoms with Gasteiger partial charge in [0.1, 0.15) is 0 Å². The van der Waals surface area contributed by atoms with Crippen LogP contribution in [0.1, 0.15) is 39.0 Å². The van der Waals surface area contributed by atoms with Gasteiger partial charge in [0, 0.05) is 19.6 Å². The van der Waals surface area contributed by atoms with Gasteiger partial charge in [0.2, 0.25) is 5.91 Å². The number of hydrogen-bond acceptors (Lipinski definition) is 3. The topological polar surface area (TPSA) is 58.6 Å². The van der Waals surface area contributed by atoms with Gasteiger partial charge in [-0.05, 0) is 25.7 Å². The predicted octanol–water partition coefficient (Wildman–Crippen LogP) is 0.833. The molecule has 0 aromatic rings. The normalized spacial score (nSPS) is 22.7. The lowest BCUT2D eigenvalue weighted by Crippen LogP contribution is -2.32. The lowest BCUT2D eigenvalue weighted by atomic mass is 10.1. The molecule has 4 nitrogen and oxygen atoms in total. The van der Waals surface area contributed by atoms with Crippen LogP contribution in [0.25, 0.3) is 0 Å². The molecule has 0 spiro atoms. The van der Waals surface area contributed by atoms with Gasteiger partial charge in [0.05, 0.1) is 12.2 Å². The molecule has 1 rings (SSSR count). The summed E-state index contributed by atoms with van der Waals surface area (Å²) in [7, 11) is 0. The summed E-state index contributed by atoms with van der Waals surface area (Å²) < 4.78 is 5.42. The Morgan fingerprint density at radius 2 is 2.47 bits per heavy atom. The zero-order valence-corrected chi connectivity index (χ0v) is 9.37. The summed E-state index contributed by atoms with van der Waals surface area (Å²) in [6.45, 7) is 3.09. The molecule has 1 saturated heterocycles. The number of aliphatic hydroxyl groups excluding tert-OH is 1. The molecule has 2 N–H and O–H groups in total. The van der Waals surface area contributed by atoms with Gasteiger partial charge in [-0.25, -0.2) is 0 Å². The molecule has 0 aromatic heterocycles. The Kier molecular flexibility index (Phi) is 5.65. The van der Waals surface area contributed by atoms with E-state index in [1.807, 2.05) is 6.92 Å². The maximum Gasteiger partial charge on any atom is 0.220 e. The Balaban J connectivity index is 2.02. The van der Waals surface area contributed by atoms with Crippen molar-refractivity contribution in [2.75, 3.05) is 13.2 Å². The molecule has 4 heteroatoms. The van der Waals surface area contributed by atoms with Crippen LogP contribution in [-0.2, 0) is 9.53 Å². The van der Waals surface area contributed by atoms with Gasteiger partial charge in [-0.2, -0.15) is 0 Å². The van der Waals surface area contributed by atoms with Crippen molar-refractivity contribution < 1.29 is 14.6 Å². The zero-order chi connectivity index (χ0) is 11.1. The first-order valence-electron chi connectivity index (χ1n) is 5.78. The van der Waals surface area contributed by atoms with E-state index in [0.29, 0.717) is 19.4 Å². The lowest BCUT2D eigenvalue weighted by molar-refractivity contribution is -0.122. The largest absolute Gasteiger partial charge is 0.391 e. The van der Waals surface area contributed by atoms with Crippen LogP contribution in [0, 0.1) is 0 Å². The number of carbonyl (C=O) groups excluding carboxylic acids is 1. The second kappa shape index (κ2) is 6.80. The summed E-state index contributed by atoms with van der Waals surface area (Å²) in [5.41, 5.74) is 0. The third-order valence-corrected chi connectivity index (χ3v) is 2.72. The Bertz CT molecular complexity index is 190. The van der Waals surface area contributed by atoms with E-state index in [-0.39, 0.29) is 12.0 Å². The molecule has 1 aliphatic rings. The highest BCUT2D eigenvalue weighted by Crippen LogP contribution is 2.16. The average molecular weight is 215 g/mol. The molecule has 2 atom stereocenters. The summed E-state index contributed by atoms with van der Waals surface area (Å²) >= 11 is 0. The molecule has 88 valence electrons. The number of aliphatic hydroxyl groups is 1. The van der Waals surface area contributed by atoms with Crippen LogP contribution in [0.2, 0.25) is 0 Å². The predicted molar refractivity (Wildman–Crippen MR) is 57.5 cm³/mol. The smallest absolute Gasteiger partial charge is 0.220 e. The van der Waals surface area contributed by atoms with Crippen molar-refractivity contribution in [1.82, 2.24) is 5.32 Å². The standard InChI is InChI=1S/C11H21NO3/c1-2-9(13)8-12-11(14)6-5-10-4-3-7-15-10/h9-10,13H,2-8H2,1H3,(H,12,14). The summed E-state index contributed by atoms with van der Waals surface area (Å²) in [4.78, 5) is 11.3. The molecule has 1 fully saturated rings. The summed E-state index contributed by atoms with van der Waals surface area (Å²) in [5.74, 6) is 0.0120. The van der Waals surface area contributed by atoms with Crippen molar-refractivity contribution in [3.63, 3.8) is 0 Å². The van der Waals surface area contributed by atoms with Crippen molar-refractivity contribution in [2.24, 2.45) is 0 Å². The van der Waals surface area contributed by atoms with Crippen molar-refractivity contribution in [1.29, 1.82) is 0 Å². The molecule has 0 radical (unpaired) electrons. The first-order chi connectivity index (χ1) is 7.22. The second-order valence-electron chi connectivity index (χ2n) is 4.04. The molecule has 0 saturated carbocycles. The third kappa shape index (κ3) is 5.14. The lowest BCUT2D eigenvalue weighted by Gasteiger charge is -2.11. The fraction of sp³-hybridized carbons (Fsp3) is 0.909. The number of carbonyl (C=O) groups is 1. The minimum Gasteiger partial charge on any atom is -0.391 e. The van der Waals surface area contributed by atoms with E-state index in [4.69, 9.17) is 4.74 Å². The van der Waals surface area contributed by atoms with Crippen molar-refractivity contribution in [3.8, 4) is 0 Å². The quantitative estimate of drug-likeness (QED) is 0.690. The molecule has 0 aromatic carbocycles. The van der Waals surface area contributed by atoms with Gasteiger partial charge in [0.25, 0.3) is 0 Å². The molecular weight excluding hydrogens is 194 g/mol. The first-order valence-corrected chi connectivity index (χ1v) is 5.78.